The molecule has 0 saturated heterocycles. The van der Waals surface area contributed by atoms with Gasteiger partial charge in [0.2, 0.25) is 5.91 Å². The number of halogens is 1. The average molecular weight is 282 g/mol. The van der Waals surface area contributed by atoms with Gasteiger partial charge in [-0.2, -0.15) is 0 Å². The van der Waals surface area contributed by atoms with E-state index in [9.17, 15) is 14.0 Å². The number of benzene rings is 1. The smallest absolute Gasteiger partial charge is 0.250 e. The fraction of sp³-hybridized carbons (Fsp3) is 0.385. The Kier molecular flexibility index (Phi) is 3.89. The molecule has 2 amide bonds. The molecule has 0 fully saturated rings. The second-order valence-corrected chi connectivity index (χ2v) is 4.59. The molecule has 20 heavy (non-hydrogen) atoms. The standard InChI is InChI=1S/C13H15FN2O4/c1-6(17)12(18)15-10-7(2)20-9-5-3-4-8(14)11(9)16-13(10)19/h3-7,10,17H,1-2H3,(H,15,18)(H,16,19)/t6-,7+,10-/m0/s1. The summed E-state index contributed by atoms with van der Waals surface area (Å²) in [5, 5.41) is 13.9. The van der Waals surface area contributed by atoms with Crippen molar-refractivity contribution in [2.24, 2.45) is 0 Å². The van der Waals surface area contributed by atoms with Gasteiger partial charge in [0.15, 0.2) is 5.82 Å². The van der Waals surface area contributed by atoms with E-state index < -0.39 is 35.9 Å². The van der Waals surface area contributed by atoms with Crippen molar-refractivity contribution in [3.8, 4) is 5.75 Å². The van der Waals surface area contributed by atoms with E-state index in [0.717, 1.165) is 0 Å². The van der Waals surface area contributed by atoms with Gasteiger partial charge in [-0.3, -0.25) is 9.59 Å². The highest BCUT2D eigenvalue weighted by molar-refractivity contribution is 5.99. The number of hydrogen-bond donors (Lipinski definition) is 3. The highest BCUT2D eigenvalue weighted by atomic mass is 19.1. The lowest BCUT2D eigenvalue weighted by Crippen LogP contribution is -2.53. The number of carbonyl (C=O) groups is 2. The minimum absolute atomic E-state index is 0.0573. The highest BCUT2D eigenvalue weighted by Gasteiger charge is 2.34. The summed E-state index contributed by atoms with van der Waals surface area (Å²) in [6.45, 7) is 2.86. The van der Waals surface area contributed by atoms with Crippen molar-refractivity contribution >= 4 is 17.5 Å². The third-order valence-electron chi connectivity index (χ3n) is 2.97. The normalized spacial score (nSPS) is 22.9. The van der Waals surface area contributed by atoms with E-state index in [2.05, 4.69) is 10.6 Å². The largest absolute Gasteiger partial charge is 0.486 e. The Morgan fingerprint density at radius 3 is 2.90 bits per heavy atom. The van der Waals surface area contributed by atoms with Crippen LogP contribution in [0.4, 0.5) is 10.1 Å². The molecule has 0 spiro atoms. The number of aliphatic hydroxyl groups excluding tert-OH is 1. The van der Waals surface area contributed by atoms with Gasteiger partial charge < -0.3 is 20.5 Å². The number of anilines is 1. The molecule has 3 N–H and O–H groups in total. The molecule has 1 aliphatic rings. The van der Waals surface area contributed by atoms with Crippen molar-refractivity contribution in [1.82, 2.24) is 5.32 Å². The summed E-state index contributed by atoms with van der Waals surface area (Å²) in [5.74, 6) is -1.73. The van der Waals surface area contributed by atoms with Crippen LogP contribution in [-0.2, 0) is 9.59 Å². The van der Waals surface area contributed by atoms with Crippen LogP contribution in [0.2, 0.25) is 0 Å². The van der Waals surface area contributed by atoms with Crippen molar-refractivity contribution in [3.63, 3.8) is 0 Å². The molecule has 1 aromatic carbocycles. The molecule has 0 bridgehead atoms. The Labute approximate surface area is 114 Å². The number of para-hydroxylation sites is 1. The van der Waals surface area contributed by atoms with Gasteiger partial charge in [-0.05, 0) is 26.0 Å². The van der Waals surface area contributed by atoms with Crippen LogP contribution >= 0.6 is 0 Å². The van der Waals surface area contributed by atoms with E-state index in [0.29, 0.717) is 0 Å². The molecule has 2 rings (SSSR count). The maximum absolute atomic E-state index is 13.6. The molecule has 0 aliphatic carbocycles. The van der Waals surface area contributed by atoms with Gasteiger partial charge in [0, 0.05) is 0 Å². The number of fused-ring (bicyclic) bond motifs is 1. The second-order valence-electron chi connectivity index (χ2n) is 4.59. The number of ether oxygens (including phenoxy) is 1. The van der Waals surface area contributed by atoms with Crippen molar-refractivity contribution in [2.75, 3.05) is 5.32 Å². The van der Waals surface area contributed by atoms with Gasteiger partial charge in [-0.1, -0.05) is 6.07 Å². The lowest BCUT2D eigenvalue weighted by molar-refractivity contribution is -0.133. The molecule has 1 aliphatic heterocycles. The number of amides is 2. The minimum Gasteiger partial charge on any atom is -0.486 e. The quantitative estimate of drug-likeness (QED) is 0.733. The molecule has 7 heteroatoms. The average Bonchev–Trinajstić information content (AvgIpc) is 2.49. The van der Waals surface area contributed by atoms with Gasteiger partial charge in [0.1, 0.15) is 29.7 Å². The molecule has 3 atom stereocenters. The Balaban J connectivity index is 2.26. The number of rotatable bonds is 2. The molecular formula is C13H15FN2O4. The SMILES string of the molecule is C[C@H](O)C(=O)N[C@@H]1C(=O)Nc2c(F)cccc2O[C@@H]1C. The Morgan fingerprint density at radius 1 is 1.55 bits per heavy atom. The van der Waals surface area contributed by atoms with E-state index in [-0.39, 0.29) is 11.4 Å². The van der Waals surface area contributed by atoms with E-state index >= 15 is 0 Å². The van der Waals surface area contributed by atoms with Crippen molar-refractivity contribution < 1.29 is 23.8 Å². The van der Waals surface area contributed by atoms with Crippen LogP contribution in [0.3, 0.4) is 0 Å². The Morgan fingerprint density at radius 2 is 2.25 bits per heavy atom. The third-order valence-corrected chi connectivity index (χ3v) is 2.97. The van der Waals surface area contributed by atoms with Crippen molar-refractivity contribution in [3.05, 3.63) is 24.0 Å². The van der Waals surface area contributed by atoms with Crippen LogP contribution in [0.5, 0.6) is 5.75 Å². The first-order valence-electron chi connectivity index (χ1n) is 6.14. The Hall–Kier alpha value is -2.15. The van der Waals surface area contributed by atoms with Crippen LogP contribution < -0.4 is 15.4 Å². The van der Waals surface area contributed by atoms with E-state index in [1.54, 1.807) is 6.92 Å². The summed E-state index contributed by atoms with van der Waals surface area (Å²) in [7, 11) is 0. The van der Waals surface area contributed by atoms with E-state index in [1.165, 1.54) is 25.1 Å². The summed E-state index contributed by atoms with van der Waals surface area (Å²) in [6.07, 6.45) is -1.96. The fourth-order valence-electron chi connectivity index (χ4n) is 1.86. The second kappa shape index (κ2) is 5.46. The first-order chi connectivity index (χ1) is 9.40. The summed E-state index contributed by atoms with van der Waals surface area (Å²) in [6, 6.07) is 3.15. The van der Waals surface area contributed by atoms with E-state index in [1.807, 2.05) is 0 Å². The molecule has 0 saturated carbocycles. The van der Waals surface area contributed by atoms with Gasteiger partial charge in [-0.25, -0.2) is 4.39 Å². The highest BCUT2D eigenvalue weighted by Crippen LogP contribution is 2.31. The molecule has 0 radical (unpaired) electrons. The van der Waals surface area contributed by atoms with E-state index in [4.69, 9.17) is 9.84 Å². The minimum atomic E-state index is -1.25. The van der Waals surface area contributed by atoms with Crippen LogP contribution in [0, 0.1) is 5.82 Å². The summed E-state index contributed by atoms with van der Waals surface area (Å²) in [4.78, 5) is 23.5. The lowest BCUT2D eigenvalue weighted by Gasteiger charge is -2.22. The molecule has 0 aromatic heterocycles. The number of hydrogen-bond acceptors (Lipinski definition) is 4. The fourth-order valence-corrected chi connectivity index (χ4v) is 1.86. The molecular weight excluding hydrogens is 267 g/mol. The van der Waals surface area contributed by atoms with Crippen LogP contribution in [0.15, 0.2) is 18.2 Å². The number of carbonyl (C=O) groups excluding carboxylic acids is 2. The molecule has 1 aromatic rings. The summed E-state index contributed by atoms with van der Waals surface area (Å²) < 4.78 is 19.1. The van der Waals surface area contributed by atoms with Gasteiger partial charge in [0.05, 0.1) is 0 Å². The molecule has 0 unspecified atom stereocenters. The zero-order chi connectivity index (χ0) is 14.9. The summed E-state index contributed by atoms with van der Waals surface area (Å²) in [5.41, 5.74) is -0.0573. The first kappa shape index (κ1) is 14.3. The van der Waals surface area contributed by atoms with Crippen molar-refractivity contribution in [2.45, 2.75) is 32.1 Å². The maximum atomic E-state index is 13.6. The molecule has 108 valence electrons. The number of nitrogens with one attached hydrogen (secondary N) is 2. The summed E-state index contributed by atoms with van der Waals surface area (Å²) >= 11 is 0. The molecule has 1 heterocycles. The van der Waals surface area contributed by atoms with Crippen LogP contribution in [0.1, 0.15) is 13.8 Å². The topological polar surface area (TPSA) is 87.7 Å². The van der Waals surface area contributed by atoms with Crippen molar-refractivity contribution in [1.29, 1.82) is 0 Å². The Bertz CT molecular complexity index is 547. The third kappa shape index (κ3) is 2.72. The maximum Gasteiger partial charge on any atom is 0.250 e. The van der Waals surface area contributed by atoms with Crippen LogP contribution in [-0.4, -0.2) is 35.2 Å². The van der Waals surface area contributed by atoms with Crippen LogP contribution in [0.25, 0.3) is 0 Å². The van der Waals surface area contributed by atoms with Gasteiger partial charge in [-0.15, -0.1) is 0 Å². The van der Waals surface area contributed by atoms with Gasteiger partial charge in [0.25, 0.3) is 5.91 Å². The predicted molar refractivity (Wildman–Crippen MR) is 68.7 cm³/mol. The monoisotopic (exact) mass is 282 g/mol. The molecule has 6 nitrogen and oxygen atoms in total. The zero-order valence-electron chi connectivity index (χ0n) is 11.0. The lowest BCUT2D eigenvalue weighted by atomic mass is 10.1. The predicted octanol–water partition coefficient (Wildman–Crippen LogP) is 0.411. The zero-order valence-corrected chi connectivity index (χ0v) is 11.0. The first-order valence-corrected chi connectivity index (χ1v) is 6.14. The number of aliphatic hydroxyl groups is 1. The van der Waals surface area contributed by atoms with Gasteiger partial charge >= 0.3 is 0 Å².